The van der Waals surface area contributed by atoms with Crippen LogP contribution in [0.2, 0.25) is 0 Å². The van der Waals surface area contributed by atoms with Crippen LogP contribution in [0.3, 0.4) is 0 Å². The van der Waals surface area contributed by atoms with E-state index in [1.807, 2.05) is 0 Å². The maximum atomic E-state index is 11.9. The van der Waals surface area contributed by atoms with Crippen LogP contribution in [-0.4, -0.2) is 31.7 Å². The van der Waals surface area contributed by atoms with E-state index in [1.165, 1.54) is 6.42 Å². The molecule has 1 unspecified atom stereocenters. The lowest BCUT2D eigenvalue weighted by molar-refractivity contribution is -0.129. The van der Waals surface area contributed by atoms with E-state index in [2.05, 4.69) is 0 Å². The minimum absolute atomic E-state index is 0.203. The number of hydrogen-bond acceptors (Lipinski definition) is 3. The Morgan fingerprint density at radius 3 is 2.53 bits per heavy atom. The van der Waals surface area contributed by atoms with Crippen molar-refractivity contribution in [2.75, 3.05) is 19.8 Å². The Morgan fingerprint density at radius 1 is 1.07 bits per heavy atom. The predicted octanol–water partition coefficient (Wildman–Crippen LogP) is 1.94. The average molecular weight is 212 g/mol. The molecule has 0 radical (unpaired) electrons. The topological polar surface area (TPSA) is 35.5 Å². The fourth-order valence-electron chi connectivity index (χ4n) is 2.38. The van der Waals surface area contributed by atoms with E-state index in [0.29, 0.717) is 12.2 Å². The highest BCUT2D eigenvalue weighted by atomic mass is 16.5. The van der Waals surface area contributed by atoms with Gasteiger partial charge in [0, 0.05) is 32.2 Å². The first-order valence-corrected chi connectivity index (χ1v) is 6.08. The number of hydrogen-bond donors (Lipinski definition) is 0. The minimum Gasteiger partial charge on any atom is -0.381 e. The molecule has 2 aliphatic rings. The summed E-state index contributed by atoms with van der Waals surface area (Å²) < 4.78 is 10.8. The molecule has 2 fully saturated rings. The summed E-state index contributed by atoms with van der Waals surface area (Å²) in [4.78, 5) is 11.9. The molecule has 0 bridgehead atoms. The van der Waals surface area contributed by atoms with E-state index in [0.717, 1.165) is 45.5 Å². The monoisotopic (exact) mass is 212 g/mol. The van der Waals surface area contributed by atoms with Crippen LogP contribution < -0.4 is 0 Å². The lowest BCUT2D eigenvalue weighted by atomic mass is 9.90. The highest BCUT2D eigenvalue weighted by Gasteiger charge is 2.25. The first-order chi connectivity index (χ1) is 7.36. The van der Waals surface area contributed by atoms with Crippen molar-refractivity contribution in [2.45, 2.75) is 44.6 Å². The number of carbonyl (C=O) groups is 1. The van der Waals surface area contributed by atoms with Gasteiger partial charge in [-0.1, -0.05) is 0 Å². The summed E-state index contributed by atoms with van der Waals surface area (Å²) in [5, 5.41) is 0. The lowest BCUT2D eigenvalue weighted by Gasteiger charge is -2.25. The van der Waals surface area contributed by atoms with E-state index in [1.54, 1.807) is 0 Å². The van der Waals surface area contributed by atoms with Crippen LogP contribution in [0.5, 0.6) is 0 Å². The molecule has 2 heterocycles. The highest BCUT2D eigenvalue weighted by Crippen LogP contribution is 2.22. The summed E-state index contributed by atoms with van der Waals surface area (Å²) in [5.74, 6) is 0.634. The molecule has 3 heteroatoms. The third-order valence-corrected chi connectivity index (χ3v) is 3.38. The zero-order valence-electron chi connectivity index (χ0n) is 9.24. The molecule has 2 aliphatic heterocycles. The van der Waals surface area contributed by atoms with E-state index in [9.17, 15) is 4.79 Å². The van der Waals surface area contributed by atoms with Gasteiger partial charge in [-0.25, -0.2) is 0 Å². The summed E-state index contributed by atoms with van der Waals surface area (Å²) in [7, 11) is 0. The molecule has 2 rings (SSSR count). The van der Waals surface area contributed by atoms with Crippen LogP contribution in [0.25, 0.3) is 0 Å². The number of carbonyl (C=O) groups excluding carboxylic acids is 1. The highest BCUT2D eigenvalue weighted by molar-refractivity contribution is 5.81. The first-order valence-electron chi connectivity index (χ1n) is 6.08. The summed E-state index contributed by atoms with van der Waals surface area (Å²) in [6, 6.07) is 0. The molecule has 0 aromatic carbocycles. The van der Waals surface area contributed by atoms with Gasteiger partial charge >= 0.3 is 0 Å². The van der Waals surface area contributed by atoms with E-state index in [-0.39, 0.29) is 12.0 Å². The molecular formula is C12H20O3. The maximum Gasteiger partial charge on any atom is 0.138 e. The quantitative estimate of drug-likeness (QED) is 0.717. The molecule has 0 N–H and O–H groups in total. The standard InChI is InChI=1S/C12H20O3/c13-12(10-4-7-14-8-5-10)9-11-3-1-2-6-15-11/h10-11H,1-9H2. The zero-order chi connectivity index (χ0) is 10.5. The third kappa shape index (κ3) is 3.28. The molecule has 0 aromatic heterocycles. The van der Waals surface area contributed by atoms with Crippen molar-refractivity contribution in [1.29, 1.82) is 0 Å². The van der Waals surface area contributed by atoms with Gasteiger partial charge in [0.15, 0.2) is 0 Å². The van der Waals surface area contributed by atoms with Crippen LogP contribution in [0.1, 0.15) is 38.5 Å². The van der Waals surface area contributed by atoms with Crippen molar-refractivity contribution in [2.24, 2.45) is 5.92 Å². The molecule has 2 saturated heterocycles. The Kier molecular flexibility index (Phi) is 4.15. The van der Waals surface area contributed by atoms with Crippen LogP contribution >= 0.6 is 0 Å². The fraction of sp³-hybridized carbons (Fsp3) is 0.917. The molecule has 0 spiro atoms. The molecule has 0 aliphatic carbocycles. The number of Topliss-reactive ketones (excluding diaryl/α,β-unsaturated/α-hetero) is 1. The molecule has 3 nitrogen and oxygen atoms in total. The summed E-state index contributed by atoms with van der Waals surface area (Å²) in [6.07, 6.45) is 6.08. The van der Waals surface area contributed by atoms with Gasteiger partial charge in [0.1, 0.15) is 5.78 Å². The Bertz CT molecular complexity index is 203. The Labute approximate surface area is 91.1 Å². The molecule has 86 valence electrons. The zero-order valence-corrected chi connectivity index (χ0v) is 9.24. The van der Waals surface area contributed by atoms with Crippen LogP contribution in [0.4, 0.5) is 0 Å². The number of rotatable bonds is 3. The second-order valence-corrected chi connectivity index (χ2v) is 4.55. The van der Waals surface area contributed by atoms with Gasteiger partial charge in [-0.2, -0.15) is 0 Å². The van der Waals surface area contributed by atoms with E-state index in [4.69, 9.17) is 9.47 Å². The van der Waals surface area contributed by atoms with Crippen molar-refractivity contribution in [3.8, 4) is 0 Å². The van der Waals surface area contributed by atoms with Crippen molar-refractivity contribution < 1.29 is 14.3 Å². The number of ketones is 1. The minimum atomic E-state index is 0.203. The molecule has 1 atom stereocenters. The summed E-state index contributed by atoms with van der Waals surface area (Å²) in [6.45, 7) is 2.34. The smallest absolute Gasteiger partial charge is 0.138 e. The normalized spacial score (nSPS) is 28.9. The van der Waals surface area contributed by atoms with Crippen molar-refractivity contribution >= 4 is 5.78 Å². The van der Waals surface area contributed by atoms with Gasteiger partial charge in [0.25, 0.3) is 0 Å². The first kappa shape index (κ1) is 11.1. The number of ether oxygens (including phenoxy) is 2. The van der Waals surface area contributed by atoms with Crippen molar-refractivity contribution in [3.05, 3.63) is 0 Å². The Balaban J connectivity index is 1.74. The Morgan fingerprint density at radius 2 is 1.87 bits per heavy atom. The molecule has 15 heavy (non-hydrogen) atoms. The molecule has 0 aromatic rings. The summed E-state index contributed by atoms with van der Waals surface area (Å²) in [5.41, 5.74) is 0. The van der Waals surface area contributed by atoms with Crippen LogP contribution in [0.15, 0.2) is 0 Å². The van der Waals surface area contributed by atoms with E-state index < -0.39 is 0 Å². The fourth-order valence-corrected chi connectivity index (χ4v) is 2.38. The SMILES string of the molecule is O=C(CC1CCCCO1)C1CCOCC1. The van der Waals surface area contributed by atoms with Gasteiger partial charge < -0.3 is 9.47 Å². The average Bonchev–Trinajstić information content (AvgIpc) is 2.31. The van der Waals surface area contributed by atoms with Gasteiger partial charge in [-0.3, -0.25) is 4.79 Å². The van der Waals surface area contributed by atoms with Gasteiger partial charge in [-0.05, 0) is 32.1 Å². The second-order valence-electron chi connectivity index (χ2n) is 4.55. The van der Waals surface area contributed by atoms with Crippen LogP contribution in [-0.2, 0) is 14.3 Å². The molecular weight excluding hydrogens is 192 g/mol. The van der Waals surface area contributed by atoms with Crippen LogP contribution in [0, 0.1) is 5.92 Å². The van der Waals surface area contributed by atoms with Crippen molar-refractivity contribution in [3.63, 3.8) is 0 Å². The van der Waals surface area contributed by atoms with Gasteiger partial charge in [0.2, 0.25) is 0 Å². The molecule has 0 amide bonds. The maximum absolute atomic E-state index is 11.9. The Hall–Kier alpha value is -0.410. The van der Waals surface area contributed by atoms with Gasteiger partial charge in [0.05, 0.1) is 6.10 Å². The second kappa shape index (κ2) is 5.61. The third-order valence-electron chi connectivity index (χ3n) is 3.38. The van der Waals surface area contributed by atoms with Gasteiger partial charge in [-0.15, -0.1) is 0 Å². The predicted molar refractivity (Wildman–Crippen MR) is 56.8 cm³/mol. The summed E-state index contributed by atoms with van der Waals surface area (Å²) >= 11 is 0. The van der Waals surface area contributed by atoms with Crippen molar-refractivity contribution in [1.82, 2.24) is 0 Å². The molecule has 0 saturated carbocycles. The van der Waals surface area contributed by atoms with E-state index >= 15 is 0 Å². The largest absolute Gasteiger partial charge is 0.381 e. The lowest BCUT2D eigenvalue weighted by Crippen LogP contribution is -2.29.